The zero-order valence-electron chi connectivity index (χ0n) is 15.4. The van der Waals surface area contributed by atoms with Crippen LogP contribution >= 0.6 is 0 Å². The van der Waals surface area contributed by atoms with Gasteiger partial charge in [-0.05, 0) is 64.2 Å². The van der Waals surface area contributed by atoms with Gasteiger partial charge in [-0.1, -0.05) is 27.7 Å². The maximum atomic E-state index is 3.67. The van der Waals surface area contributed by atoms with Gasteiger partial charge in [0.1, 0.15) is 0 Å². The van der Waals surface area contributed by atoms with Crippen LogP contribution in [0.5, 0.6) is 0 Å². The van der Waals surface area contributed by atoms with E-state index in [4.69, 9.17) is 0 Å². The molecule has 0 aliphatic carbocycles. The highest BCUT2D eigenvalue weighted by molar-refractivity contribution is 4.84. The number of nitrogens with one attached hydrogen (secondary N) is 1. The van der Waals surface area contributed by atoms with Crippen LogP contribution in [0.2, 0.25) is 0 Å². The monoisotopic (exact) mass is 297 g/mol. The molecule has 1 N–H and O–H groups in total. The first-order chi connectivity index (χ1) is 9.90. The van der Waals surface area contributed by atoms with E-state index in [-0.39, 0.29) is 0 Å². The summed E-state index contributed by atoms with van der Waals surface area (Å²) in [4.78, 5) is 5.07. The van der Waals surface area contributed by atoms with Gasteiger partial charge in [0.25, 0.3) is 0 Å². The molecule has 3 nitrogen and oxygen atoms in total. The Morgan fingerprint density at radius 3 is 2.24 bits per heavy atom. The first-order valence-corrected chi connectivity index (χ1v) is 9.01. The van der Waals surface area contributed by atoms with Gasteiger partial charge in [-0.25, -0.2) is 0 Å². The fourth-order valence-electron chi connectivity index (χ4n) is 3.52. The molecule has 0 saturated carbocycles. The summed E-state index contributed by atoms with van der Waals surface area (Å²) in [5, 5.41) is 3.67. The second kappa shape index (κ2) is 9.12. The van der Waals surface area contributed by atoms with Crippen LogP contribution in [0.1, 0.15) is 53.4 Å². The molecule has 0 aromatic carbocycles. The van der Waals surface area contributed by atoms with Gasteiger partial charge in [0.2, 0.25) is 0 Å². The molecule has 0 radical (unpaired) electrons. The molecule has 0 aromatic heterocycles. The second-order valence-electron chi connectivity index (χ2n) is 7.69. The Labute approximate surface area is 133 Å². The van der Waals surface area contributed by atoms with E-state index < -0.39 is 0 Å². The van der Waals surface area contributed by atoms with Crippen molar-refractivity contribution in [3.05, 3.63) is 0 Å². The van der Waals surface area contributed by atoms with Crippen molar-refractivity contribution in [3.8, 4) is 0 Å². The molecule has 1 fully saturated rings. The quantitative estimate of drug-likeness (QED) is 0.705. The minimum Gasteiger partial charge on any atom is -0.314 e. The Bertz CT molecular complexity index is 266. The average Bonchev–Trinajstić information content (AvgIpc) is 2.46. The second-order valence-corrected chi connectivity index (χ2v) is 7.69. The van der Waals surface area contributed by atoms with Crippen LogP contribution in [-0.4, -0.2) is 62.7 Å². The van der Waals surface area contributed by atoms with Crippen molar-refractivity contribution in [1.82, 2.24) is 15.1 Å². The van der Waals surface area contributed by atoms with E-state index >= 15 is 0 Å². The lowest BCUT2D eigenvalue weighted by Crippen LogP contribution is -2.45. The first-order valence-electron chi connectivity index (χ1n) is 9.01. The molecule has 0 atom stereocenters. The van der Waals surface area contributed by atoms with Crippen LogP contribution < -0.4 is 5.32 Å². The Hall–Kier alpha value is -0.120. The predicted molar refractivity (Wildman–Crippen MR) is 93.9 cm³/mol. The molecule has 3 heteroatoms. The number of likely N-dealkylation sites (tertiary alicyclic amines) is 1. The van der Waals surface area contributed by atoms with E-state index in [1.54, 1.807) is 0 Å². The minimum atomic E-state index is 0.435. The van der Waals surface area contributed by atoms with Crippen LogP contribution in [-0.2, 0) is 0 Å². The van der Waals surface area contributed by atoms with E-state index in [0.29, 0.717) is 11.5 Å². The van der Waals surface area contributed by atoms with Crippen molar-refractivity contribution in [3.63, 3.8) is 0 Å². The van der Waals surface area contributed by atoms with E-state index in [0.717, 1.165) is 12.5 Å². The van der Waals surface area contributed by atoms with Gasteiger partial charge in [0, 0.05) is 25.7 Å². The van der Waals surface area contributed by atoms with Crippen LogP contribution in [0, 0.1) is 11.3 Å². The Morgan fingerprint density at radius 1 is 1.19 bits per heavy atom. The maximum Gasteiger partial charge on any atom is 0.00470 e. The van der Waals surface area contributed by atoms with Crippen molar-refractivity contribution in [2.24, 2.45) is 11.3 Å². The molecule has 1 rings (SSSR count). The number of hydrogen-bond acceptors (Lipinski definition) is 3. The van der Waals surface area contributed by atoms with Crippen molar-refractivity contribution in [2.45, 2.75) is 59.4 Å². The normalized spacial score (nSPS) is 18.9. The van der Waals surface area contributed by atoms with E-state index in [1.165, 1.54) is 51.9 Å². The third kappa shape index (κ3) is 6.66. The van der Waals surface area contributed by atoms with Gasteiger partial charge in [-0.15, -0.1) is 0 Å². The Morgan fingerprint density at radius 2 is 1.76 bits per heavy atom. The first kappa shape index (κ1) is 18.9. The van der Waals surface area contributed by atoms with Gasteiger partial charge >= 0.3 is 0 Å². The standard InChI is InChI=1S/C18H39N3/c1-7-18(8-2,14-19-16(3)4)15-21(6)13-17-9-11-20(5)12-10-17/h16-17,19H,7-15H2,1-6H3. The molecule has 1 aliphatic rings. The molecule has 1 saturated heterocycles. The molecule has 0 bridgehead atoms. The van der Waals surface area contributed by atoms with Crippen LogP contribution in [0.3, 0.4) is 0 Å². The zero-order valence-corrected chi connectivity index (χ0v) is 15.4. The lowest BCUT2D eigenvalue weighted by atomic mass is 9.81. The van der Waals surface area contributed by atoms with Gasteiger partial charge in [-0.3, -0.25) is 0 Å². The van der Waals surface area contributed by atoms with Crippen molar-refractivity contribution < 1.29 is 0 Å². The lowest BCUT2D eigenvalue weighted by Gasteiger charge is -2.39. The highest BCUT2D eigenvalue weighted by atomic mass is 15.1. The van der Waals surface area contributed by atoms with Crippen molar-refractivity contribution >= 4 is 0 Å². The number of piperidine rings is 1. The van der Waals surface area contributed by atoms with Gasteiger partial charge < -0.3 is 15.1 Å². The molecule has 126 valence electrons. The summed E-state index contributed by atoms with van der Waals surface area (Å²) in [5.41, 5.74) is 0.435. The average molecular weight is 298 g/mol. The van der Waals surface area contributed by atoms with E-state index in [1.807, 2.05) is 0 Å². The SMILES string of the molecule is CCC(CC)(CNC(C)C)CN(C)CC1CCN(C)CC1. The Kier molecular flexibility index (Phi) is 8.22. The summed E-state index contributed by atoms with van der Waals surface area (Å²) < 4.78 is 0. The molecular weight excluding hydrogens is 258 g/mol. The van der Waals surface area contributed by atoms with Crippen LogP contribution in [0.15, 0.2) is 0 Å². The fourth-order valence-corrected chi connectivity index (χ4v) is 3.52. The summed E-state index contributed by atoms with van der Waals surface area (Å²) in [6.45, 7) is 15.4. The van der Waals surface area contributed by atoms with Crippen LogP contribution in [0.4, 0.5) is 0 Å². The van der Waals surface area contributed by atoms with Crippen LogP contribution in [0.25, 0.3) is 0 Å². The molecule has 1 aliphatic heterocycles. The summed E-state index contributed by atoms with van der Waals surface area (Å²) in [5.74, 6) is 0.899. The number of hydrogen-bond donors (Lipinski definition) is 1. The molecule has 0 unspecified atom stereocenters. The van der Waals surface area contributed by atoms with Gasteiger partial charge in [-0.2, -0.15) is 0 Å². The minimum absolute atomic E-state index is 0.435. The topological polar surface area (TPSA) is 18.5 Å². The van der Waals surface area contributed by atoms with Gasteiger partial charge in [0.15, 0.2) is 0 Å². The highest BCUT2D eigenvalue weighted by Crippen LogP contribution is 2.28. The molecule has 1 heterocycles. The van der Waals surface area contributed by atoms with Crippen molar-refractivity contribution in [1.29, 1.82) is 0 Å². The largest absolute Gasteiger partial charge is 0.314 e. The zero-order chi connectivity index (χ0) is 15.9. The molecule has 0 amide bonds. The predicted octanol–water partition coefficient (Wildman–Crippen LogP) is 3.06. The molecular formula is C18H39N3. The summed E-state index contributed by atoms with van der Waals surface area (Å²) in [7, 11) is 4.57. The summed E-state index contributed by atoms with van der Waals surface area (Å²) in [6, 6.07) is 0.585. The summed E-state index contributed by atoms with van der Waals surface area (Å²) >= 11 is 0. The maximum absolute atomic E-state index is 3.67. The third-order valence-corrected chi connectivity index (χ3v) is 5.40. The molecule has 0 aromatic rings. The third-order valence-electron chi connectivity index (χ3n) is 5.40. The smallest absolute Gasteiger partial charge is 0.00470 e. The summed E-state index contributed by atoms with van der Waals surface area (Å²) in [6.07, 6.45) is 5.27. The lowest BCUT2D eigenvalue weighted by molar-refractivity contribution is 0.118. The van der Waals surface area contributed by atoms with E-state index in [9.17, 15) is 0 Å². The van der Waals surface area contributed by atoms with Gasteiger partial charge in [0.05, 0.1) is 0 Å². The number of rotatable bonds is 9. The fraction of sp³-hybridized carbons (Fsp3) is 1.00. The molecule has 21 heavy (non-hydrogen) atoms. The number of nitrogens with zero attached hydrogens (tertiary/aromatic N) is 2. The Balaban J connectivity index is 2.45. The van der Waals surface area contributed by atoms with E-state index in [2.05, 4.69) is 56.9 Å². The molecule has 0 spiro atoms. The highest BCUT2D eigenvalue weighted by Gasteiger charge is 2.29. The van der Waals surface area contributed by atoms with Crippen molar-refractivity contribution in [2.75, 3.05) is 46.8 Å².